The van der Waals surface area contributed by atoms with Crippen molar-refractivity contribution in [3.8, 4) is 0 Å². The van der Waals surface area contributed by atoms with E-state index in [1.165, 1.54) is 6.07 Å². The summed E-state index contributed by atoms with van der Waals surface area (Å²) in [5, 5.41) is 17.2. The normalized spacial score (nSPS) is 14.1. The highest BCUT2D eigenvalue weighted by molar-refractivity contribution is 6.30. The fraction of sp³-hybridized carbons (Fsp3) is 0.462. The Hall–Kier alpha value is -1.66. The number of nitrogens with one attached hydrogen (secondary N) is 2. The molecule has 0 heterocycles. The van der Waals surface area contributed by atoms with Crippen LogP contribution in [0.15, 0.2) is 18.2 Å². The number of rotatable bonds is 7. The van der Waals surface area contributed by atoms with Gasteiger partial charge in [0.1, 0.15) is 0 Å². The lowest BCUT2D eigenvalue weighted by Gasteiger charge is -2.06. The predicted octanol–water partition coefficient (Wildman–Crippen LogP) is 2.01. The minimum atomic E-state index is -0.456. The quantitative estimate of drug-likeness (QED) is 0.458. The van der Waals surface area contributed by atoms with Crippen molar-refractivity contribution in [1.29, 1.82) is 0 Å². The largest absolute Gasteiger partial charge is 0.353 e. The molecule has 0 saturated heterocycles. The van der Waals surface area contributed by atoms with Gasteiger partial charge in [0.2, 0.25) is 5.91 Å². The summed E-state index contributed by atoms with van der Waals surface area (Å²) in [6, 6.07) is 4.93. The Morgan fingerprint density at radius 2 is 2.20 bits per heavy atom. The van der Waals surface area contributed by atoms with Crippen LogP contribution in [0.5, 0.6) is 0 Å². The van der Waals surface area contributed by atoms with E-state index >= 15 is 0 Å². The van der Waals surface area contributed by atoms with Gasteiger partial charge >= 0.3 is 0 Å². The van der Waals surface area contributed by atoms with Gasteiger partial charge in [-0.05, 0) is 25.0 Å². The van der Waals surface area contributed by atoms with E-state index in [0.717, 1.165) is 12.8 Å². The van der Waals surface area contributed by atoms with E-state index in [9.17, 15) is 14.9 Å². The maximum absolute atomic E-state index is 11.4. The van der Waals surface area contributed by atoms with Crippen molar-refractivity contribution in [3.05, 3.63) is 38.9 Å². The molecule has 1 aromatic rings. The number of nitro benzene ring substituents is 1. The zero-order valence-electron chi connectivity index (χ0n) is 10.9. The Kier molecular flexibility index (Phi) is 4.92. The fourth-order valence-corrected chi connectivity index (χ4v) is 1.98. The molecule has 1 aliphatic rings. The molecule has 2 rings (SSSR count). The summed E-state index contributed by atoms with van der Waals surface area (Å²) in [6.45, 7) is 0.822. The van der Waals surface area contributed by atoms with Crippen LogP contribution >= 0.6 is 11.6 Å². The zero-order chi connectivity index (χ0) is 14.5. The van der Waals surface area contributed by atoms with Gasteiger partial charge in [0.25, 0.3) is 5.69 Å². The molecule has 1 saturated carbocycles. The van der Waals surface area contributed by atoms with Crippen LogP contribution in [0.3, 0.4) is 0 Å². The minimum Gasteiger partial charge on any atom is -0.353 e. The van der Waals surface area contributed by atoms with Crippen molar-refractivity contribution in [2.45, 2.75) is 31.8 Å². The van der Waals surface area contributed by atoms with E-state index in [2.05, 4.69) is 10.6 Å². The van der Waals surface area contributed by atoms with Gasteiger partial charge in [-0.1, -0.05) is 11.6 Å². The molecule has 0 aromatic heterocycles. The molecule has 2 N–H and O–H groups in total. The summed E-state index contributed by atoms with van der Waals surface area (Å²) in [5.74, 6) is 0.0191. The first-order chi connectivity index (χ1) is 9.56. The number of carbonyl (C=O) groups is 1. The van der Waals surface area contributed by atoms with Crippen molar-refractivity contribution in [2.75, 3.05) is 6.54 Å². The minimum absolute atomic E-state index is 0.00701. The fourth-order valence-electron chi connectivity index (χ4n) is 1.81. The molecule has 108 valence electrons. The van der Waals surface area contributed by atoms with E-state index in [1.807, 2.05) is 0 Å². The predicted molar refractivity (Wildman–Crippen MR) is 75.6 cm³/mol. The summed E-state index contributed by atoms with van der Waals surface area (Å²) in [4.78, 5) is 21.9. The van der Waals surface area contributed by atoms with Crippen molar-refractivity contribution >= 4 is 23.2 Å². The molecular weight excluding hydrogens is 282 g/mol. The summed E-state index contributed by atoms with van der Waals surface area (Å²) in [7, 11) is 0. The smallest absolute Gasteiger partial charge is 0.275 e. The number of carbonyl (C=O) groups excluding carboxylic acids is 1. The van der Waals surface area contributed by atoms with E-state index in [1.54, 1.807) is 12.1 Å². The lowest BCUT2D eigenvalue weighted by atomic mass is 10.2. The van der Waals surface area contributed by atoms with Gasteiger partial charge in [-0.25, -0.2) is 0 Å². The van der Waals surface area contributed by atoms with Crippen molar-refractivity contribution in [1.82, 2.24) is 10.6 Å². The molecule has 6 nitrogen and oxygen atoms in total. The molecular formula is C13H16ClN3O3. The van der Waals surface area contributed by atoms with E-state index in [-0.39, 0.29) is 11.6 Å². The third-order valence-electron chi connectivity index (χ3n) is 3.03. The topological polar surface area (TPSA) is 84.3 Å². The molecule has 1 aliphatic carbocycles. The SMILES string of the molecule is O=C(CCNCc1ccc(Cl)cc1[N+](=O)[O-])NC1CC1. The lowest BCUT2D eigenvalue weighted by Crippen LogP contribution is -2.29. The van der Waals surface area contributed by atoms with Gasteiger partial charge in [0.15, 0.2) is 0 Å². The third kappa shape index (κ3) is 4.47. The Morgan fingerprint density at radius 3 is 2.85 bits per heavy atom. The van der Waals surface area contributed by atoms with Gasteiger partial charge in [-0.3, -0.25) is 14.9 Å². The van der Waals surface area contributed by atoms with E-state index < -0.39 is 4.92 Å². The molecule has 1 amide bonds. The molecule has 0 atom stereocenters. The molecule has 0 radical (unpaired) electrons. The molecule has 1 fully saturated rings. The summed E-state index contributed by atoms with van der Waals surface area (Å²) in [5.41, 5.74) is 0.550. The first-order valence-corrected chi connectivity index (χ1v) is 6.87. The second-order valence-electron chi connectivity index (χ2n) is 4.80. The van der Waals surface area contributed by atoms with Crippen LogP contribution in [-0.4, -0.2) is 23.4 Å². The molecule has 20 heavy (non-hydrogen) atoms. The number of benzene rings is 1. The van der Waals surface area contributed by atoms with Crippen LogP contribution in [0.2, 0.25) is 5.02 Å². The Labute approximate surface area is 121 Å². The van der Waals surface area contributed by atoms with Crippen molar-refractivity contribution in [3.63, 3.8) is 0 Å². The lowest BCUT2D eigenvalue weighted by molar-refractivity contribution is -0.385. The Morgan fingerprint density at radius 1 is 1.45 bits per heavy atom. The maximum atomic E-state index is 11.4. The molecule has 0 spiro atoms. The average molecular weight is 298 g/mol. The number of nitrogens with zero attached hydrogens (tertiary/aromatic N) is 1. The highest BCUT2D eigenvalue weighted by Crippen LogP contribution is 2.23. The number of amides is 1. The average Bonchev–Trinajstić information content (AvgIpc) is 3.19. The standard InChI is InChI=1S/C13H16ClN3O3/c14-10-2-1-9(12(7-10)17(19)20)8-15-6-5-13(18)16-11-3-4-11/h1-2,7,11,15H,3-6,8H2,(H,16,18). The van der Waals surface area contributed by atoms with Crippen molar-refractivity contribution < 1.29 is 9.72 Å². The van der Waals surface area contributed by atoms with Crippen molar-refractivity contribution in [2.24, 2.45) is 0 Å². The van der Waals surface area contributed by atoms with Gasteiger partial charge < -0.3 is 10.6 Å². The van der Waals surface area contributed by atoms with Gasteiger partial charge in [-0.2, -0.15) is 0 Å². The zero-order valence-corrected chi connectivity index (χ0v) is 11.7. The molecule has 0 aliphatic heterocycles. The number of halogens is 1. The summed E-state index contributed by atoms with van der Waals surface area (Å²) >= 11 is 5.74. The van der Waals surface area contributed by atoms with Crippen LogP contribution in [0.25, 0.3) is 0 Å². The molecule has 1 aromatic carbocycles. The second kappa shape index (κ2) is 6.67. The number of nitro groups is 1. The van der Waals surface area contributed by atoms with Crippen LogP contribution in [0, 0.1) is 10.1 Å². The Bertz CT molecular complexity index is 518. The number of hydrogen-bond acceptors (Lipinski definition) is 4. The van der Waals surface area contributed by atoms with Gasteiger partial charge in [0, 0.05) is 42.2 Å². The first-order valence-electron chi connectivity index (χ1n) is 6.49. The summed E-state index contributed by atoms with van der Waals surface area (Å²) in [6.07, 6.45) is 2.50. The van der Waals surface area contributed by atoms with E-state index in [0.29, 0.717) is 36.1 Å². The van der Waals surface area contributed by atoms with Crippen LogP contribution in [0.1, 0.15) is 24.8 Å². The summed E-state index contributed by atoms with van der Waals surface area (Å²) < 4.78 is 0. The van der Waals surface area contributed by atoms with E-state index in [4.69, 9.17) is 11.6 Å². The van der Waals surface area contributed by atoms with Crippen LogP contribution in [0.4, 0.5) is 5.69 Å². The van der Waals surface area contributed by atoms with Gasteiger partial charge in [0.05, 0.1) is 4.92 Å². The first kappa shape index (κ1) is 14.7. The third-order valence-corrected chi connectivity index (χ3v) is 3.27. The monoisotopic (exact) mass is 297 g/mol. The Balaban J connectivity index is 1.78. The molecule has 0 bridgehead atoms. The molecule has 0 unspecified atom stereocenters. The maximum Gasteiger partial charge on any atom is 0.275 e. The molecule has 7 heteroatoms. The highest BCUT2D eigenvalue weighted by Gasteiger charge is 2.22. The van der Waals surface area contributed by atoms with Crippen LogP contribution in [-0.2, 0) is 11.3 Å². The highest BCUT2D eigenvalue weighted by atomic mass is 35.5. The number of hydrogen-bond donors (Lipinski definition) is 2. The van der Waals surface area contributed by atoms with Crippen LogP contribution < -0.4 is 10.6 Å². The van der Waals surface area contributed by atoms with Gasteiger partial charge in [-0.15, -0.1) is 0 Å². The second-order valence-corrected chi connectivity index (χ2v) is 5.24.